The molecule has 2 amide bonds. The molecule has 1 aliphatic rings. The first-order valence-corrected chi connectivity index (χ1v) is 9.00. The van der Waals surface area contributed by atoms with E-state index < -0.39 is 0 Å². The van der Waals surface area contributed by atoms with Crippen molar-refractivity contribution < 1.29 is 14.0 Å². The summed E-state index contributed by atoms with van der Waals surface area (Å²) in [5.74, 6) is 0.806. The van der Waals surface area contributed by atoms with Crippen LogP contribution in [0.4, 0.5) is 0 Å². The standard InChI is InChI=1S/C17H18Cl2N4O3/c1-11-20-21-15(26-11)4-5-16(24)22-6-8-23(9-7-22)17(25)13-3-2-12(18)10-14(13)19/h2-3,10H,4-9H2,1H3. The number of benzene rings is 1. The van der Waals surface area contributed by atoms with E-state index in [2.05, 4.69) is 10.2 Å². The molecule has 2 aromatic rings. The van der Waals surface area contributed by atoms with Crippen LogP contribution in [-0.4, -0.2) is 58.0 Å². The zero-order valence-electron chi connectivity index (χ0n) is 14.2. The van der Waals surface area contributed by atoms with Crippen molar-refractivity contribution in [3.8, 4) is 0 Å². The first-order valence-electron chi connectivity index (χ1n) is 8.25. The molecule has 9 heteroatoms. The van der Waals surface area contributed by atoms with Crippen molar-refractivity contribution in [2.45, 2.75) is 19.8 Å². The summed E-state index contributed by atoms with van der Waals surface area (Å²) < 4.78 is 5.27. The third kappa shape index (κ3) is 4.34. The summed E-state index contributed by atoms with van der Waals surface area (Å²) in [4.78, 5) is 28.3. The van der Waals surface area contributed by atoms with E-state index in [1.54, 1.807) is 34.9 Å². The lowest BCUT2D eigenvalue weighted by Crippen LogP contribution is -2.50. The van der Waals surface area contributed by atoms with Crippen molar-refractivity contribution in [2.24, 2.45) is 0 Å². The predicted molar refractivity (Wildman–Crippen MR) is 96.3 cm³/mol. The number of hydrogen-bond donors (Lipinski definition) is 0. The molecule has 1 aliphatic heterocycles. The van der Waals surface area contributed by atoms with Crippen molar-refractivity contribution in [2.75, 3.05) is 26.2 Å². The van der Waals surface area contributed by atoms with Gasteiger partial charge in [-0.25, -0.2) is 0 Å². The summed E-state index contributed by atoms with van der Waals surface area (Å²) >= 11 is 12.0. The number of halogens is 2. The molecule has 0 bridgehead atoms. The molecule has 138 valence electrons. The topological polar surface area (TPSA) is 79.5 Å². The summed E-state index contributed by atoms with van der Waals surface area (Å²) in [6.07, 6.45) is 0.720. The number of aryl methyl sites for hydroxylation is 2. The van der Waals surface area contributed by atoms with Gasteiger partial charge in [-0.1, -0.05) is 23.2 Å². The largest absolute Gasteiger partial charge is 0.426 e. The fourth-order valence-electron chi connectivity index (χ4n) is 2.80. The van der Waals surface area contributed by atoms with E-state index in [0.717, 1.165) is 0 Å². The van der Waals surface area contributed by atoms with Gasteiger partial charge in [-0.05, 0) is 18.2 Å². The number of aromatic nitrogens is 2. The molecular weight excluding hydrogens is 379 g/mol. The Bertz CT molecular complexity index is 816. The molecule has 3 rings (SSSR count). The zero-order valence-corrected chi connectivity index (χ0v) is 15.8. The van der Waals surface area contributed by atoms with Crippen LogP contribution in [0.15, 0.2) is 22.6 Å². The van der Waals surface area contributed by atoms with Gasteiger partial charge in [0.25, 0.3) is 5.91 Å². The summed E-state index contributed by atoms with van der Waals surface area (Å²) in [6, 6.07) is 4.81. The van der Waals surface area contributed by atoms with E-state index in [4.69, 9.17) is 27.6 Å². The maximum absolute atomic E-state index is 12.6. The first kappa shape index (κ1) is 18.7. The molecule has 0 unspecified atom stereocenters. The number of nitrogens with zero attached hydrogens (tertiary/aromatic N) is 4. The molecule has 0 spiro atoms. The molecule has 2 heterocycles. The van der Waals surface area contributed by atoms with Crippen molar-refractivity contribution in [3.05, 3.63) is 45.6 Å². The van der Waals surface area contributed by atoms with E-state index in [0.29, 0.717) is 66.4 Å². The van der Waals surface area contributed by atoms with Gasteiger partial charge in [0.1, 0.15) is 0 Å². The van der Waals surface area contributed by atoms with Crippen LogP contribution in [0.3, 0.4) is 0 Å². The van der Waals surface area contributed by atoms with Crippen LogP contribution in [0, 0.1) is 6.92 Å². The van der Waals surface area contributed by atoms with Crippen molar-refractivity contribution in [1.82, 2.24) is 20.0 Å². The van der Waals surface area contributed by atoms with Crippen LogP contribution >= 0.6 is 23.2 Å². The minimum absolute atomic E-state index is 0.0116. The van der Waals surface area contributed by atoms with E-state index in [1.165, 1.54) is 0 Å². The average molecular weight is 397 g/mol. The fourth-order valence-corrected chi connectivity index (χ4v) is 3.29. The highest BCUT2D eigenvalue weighted by molar-refractivity contribution is 6.36. The highest BCUT2D eigenvalue weighted by Gasteiger charge is 2.26. The van der Waals surface area contributed by atoms with Gasteiger partial charge in [-0.15, -0.1) is 10.2 Å². The molecule has 0 saturated carbocycles. The van der Waals surface area contributed by atoms with E-state index in [9.17, 15) is 9.59 Å². The number of carbonyl (C=O) groups excluding carboxylic acids is 2. The van der Waals surface area contributed by atoms with Gasteiger partial charge in [0.15, 0.2) is 0 Å². The fraction of sp³-hybridized carbons (Fsp3) is 0.412. The number of carbonyl (C=O) groups is 2. The van der Waals surface area contributed by atoms with Gasteiger partial charge in [0.2, 0.25) is 17.7 Å². The Balaban J connectivity index is 1.51. The molecule has 0 aliphatic carbocycles. The maximum Gasteiger partial charge on any atom is 0.255 e. The highest BCUT2D eigenvalue weighted by Crippen LogP contribution is 2.23. The molecule has 0 N–H and O–H groups in total. The predicted octanol–water partition coefficient (Wildman–Crippen LogP) is 2.60. The first-order chi connectivity index (χ1) is 12.4. The van der Waals surface area contributed by atoms with Crippen LogP contribution < -0.4 is 0 Å². The Morgan fingerprint density at radius 1 is 1.12 bits per heavy atom. The molecule has 1 saturated heterocycles. The van der Waals surface area contributed by atoms with Gasteiger partial charge >= 0.3 is 0 Å². The smallest absolute Gasteiger partial charge is 0.255 e. The maximum atomic E-state index is 12.6. The molecule has 7 nitrogen and oxygen atoms in total. The Labute approximate surface area is 160 Å². The number of piperazine rings is 1. The zero-order chi connectivity index (χ0) is 18.7. The van der Waals surface area contributed by atoms with E-state index >= 15 is 0 Å². The van der Waals surface area contributed by atoms with Crippen LogP contribution in [0.2, 0.25) is 10.0 Å². The van der Waals surface area contributed by atoms with Gasteiger partial charge < -0.3 is 14.2 Å². The second-order valence-corrected chi connectivity index (χ2v) is 6.86. The molecule has 1 aromatic carbocycles. The summed E-state index contributed by atoms with van der Waals surface area (Å²) in [5, 5.41) is 8.44. The summed E-state index contributed by atoms with van der Waals surface area (Å²) in [7, 11) is 0. The third-order valence-corrected chi connectivity index (χ3v) is 4.75. The quantitative estimate of drug-likeness (QED) is 0.793. The summed E-state index contributed by atoms with van der Waals surface area (Å²) in [6.45, 7) is 3.60. The van der Waals surface area contributed by atoms with Gasteiger partial charge in [0, 0.05) is 51.0 Å². The van der Waals surface area contributed by atoms with Crippen molar-refractivity contribution in [1.29, 1.82) is 0 Å². The molecule has 1 fully saturated rings. The van der Waals surface area contributed by atoms with Crippen LogP contribution in [-0.2, 0) is 11.2 Å². The Morgan fingerprint density at radius 3 is 2.42 bits per heavy atom. The van der Waals surface area contributed by atoms with Crippen LogP contribution in [0.25, 0.3) is 0 Å². The van der Waals surface area contributed by atoms with Crippen molar-refractivity contribution in [3.63, 3.8) is 0 Å². The number of hydrogen-bond acceptors (Lipinski definition) is 5. The third-order valence-electron chi connectivity index (χ3n) is 4.20. The number of amides is 2. The second-order valence-electron chi connectivity index (χ2n) is 6.01. The summed E-state index contributed by atoms with van der Waals surface area (Å²) in [5.41, 5.74) is 0.419. The molecule has 26 heavy (non-hydrogen) atoms. The number of rotatable bonds is 4. The molecule has 0 radical (unpaired) electrons. The Morgan fingerprint density at radius 2 is 1.81 bits per heavy atom. The van der Waals surface area contributed by atoms with Gasteiger partial charge in [-0.2, -0.15) is 0 Å². The Hall–Kier alpha value is -2.12. The minimum Gasteiger partial charge on any atom is -0.426 e. The molecule has 1 aromatic heterocycles. The lowest BCUT2D eigenvalue weighted by Gasteiger charge is -2.35. The normalized spacial score (nSPS) is 14.6. The van der Waals surface area contributed by atoms with E-state index in [-0.39, 0.29) is 11.8 Å². The van der Waals surface area contributed by atoms with Crippen LogP contribution in [0.5, 0.6) is 0 Å². The minimum atomic E-state index is -0.153. The van der Waals surface area contributed by atoms with Gasteiger partial charge in [0.05, 0.1) is 10.6 Å². The average Bonchev–Trinajstić information content (AvgIpc) is 3.04. The second kappa shape index (κ2) is 8.05. The molecule has 0 atom stereocenters. The van der Waals surface area contributed by atoms with Crippen LogP contribution in [0.1, 0.15) is 28.6 Å². The lowest BCUT2D eigenvalue weighted by atomic mass is 10.1. The lowest BCUT2D eigenvalue weighted by molar-refractivity contribution is -0.132. The molecular formula is C17H18Cl2N4O3. The highest BCUT2D eigenvalue weighted by atomic mass is 35.5. The van der Waals surface area contributed by atoms with Crippen molar-refractivity contribution >= 4 is 35.0 Å². The van der Waals surface area contributed by atoms with Gasteiger partial charge in [-0.3, -0.25) is 9.59 Å². The monoisotopic (exact) mass is 396 g/mol. The Kier molecular flexibility index (Phi) is 5.78. The SMILES string of the molecule is Cc1nnc(CCC(=O)N2CCN(C(=O)c3ccc(Cl)cc3Cl)CC2)o1. The van der Waals surface area contributed by atoms with E-state index in [1.807, 2.05) is 0 Å².